The van der Waals surface area contributed by atoms with Crippen molar-refractivity contribution >= 4 is 35.0 Å². The molecule has 5 aromatic rings. The Morgan fingerprint density at radius 1 is 0.781 bits per heavy atom. The Morgan fingerprint density at radius 2 is 1.41 bits per heavy atom. The number of amides is 4. The van der Waals surface area contributed by atoms with Crippen LogP contribution in [-0.2, 0) is 29.2 Å². The van der Waals surface area contributed by atoms with Crippen LogP contribution in [0.25, 0.3) is 33.4 Å². The molecule has 0 bridgehead atoms. The van der Waals surface area contributed by atoms with Gasteiger partial charge in [-0.15, -0.1) is 0 Å². The first kappa shape index (κ1) is 44.2. The number of imidazole rings is 2. The molecule has 4 N–H and O–H groups in total. The van der Waals surface area contributed by atoms with Gasteiger partial charge in [0.25, 0.3) is 0 Å². The maximum atomic E-state index is 13.9. The quantitative estimate of drug-likeness (QED) is 0.0958. The molecule has 3 aliphatic rings. The predicted molar refractivity (Wildman–Crippen MR) is 240 cm³/mol. The molecule has 338 valence electrons. The van der Waals surface area contributed by atoms with E-state index < -0.39 is 35.8 Å². The second-order valence-corrected chi connectivity index (χ2v) is 17.6. The Labute approximate surface area is 372 Å². The molecule has 0 aliphatic carbocycles. The van der Waals surface area contributed by atoms with Gasteiger partial charge in [-0.05, 0) is 86.1 Å². The maximum Gasteiger partial charge on any atom is 0.407 e. The van der Waals surface area contributed by atoms with Gasteiger partial charge in [0.05, 0.1) is 55.3 Å². The topological polar surface area (TPSA) is 193 Å². The minimum atomic E-state index is -0.912. The van der Waals surface area contributed by atoms with Crippen LogP contribution in [0.2, 0.25) is 0 Å². The van der Waals surface area contributed by atoms with Gasteiger partial charge in [-0.25, -0.2) is 19.6 Å². The Hall–Kier alpha value is -6.42. The number of likely N-dealkylation sites (tertiary alicyclic amines) is 2. The zero-order chi connectivity index (χ0) is 45.4. The summed E-state index contributed by atoms with van der Waals surface area (Å²) in [5.41, 5.74) is 7.09. The smallest absolute Gasteiger partial charge is 0.407 e. The second kappa shape index (κ2) is 18.0. The summed E-state index contributed by atoms with van der Waals surface area (Å²) in [6.07, 6.45) is 3.78. The minimum Gasteiger partial charge on any atom is -0.457 e. The van der Waals surface area contributed by atoms with Crippen molar-refractivity contribution in [3.8, 4) is 33.9 Å². The average Bonchev–Trinajstić information content (AvgIpc) is 4.15. The standard InChI is InChI=1S/C48H58N8O8/c1-9-26(2)40(53-46(59)62-7)44(57)55-20-10-12-36(55)42-49-25-35(52-42)30-16-19-38-32(22-30)48(4,5)31-17-14-29(24-39(31)64-38)28-15-18-33-34(23-28)51-43(50-33)37-13-11-21-56(37)45(58)41(27(3)61-6)54-47(60)63-8/h14-19,22-27,36-37,40-41H,9-13,20-21H2,1-8H3,(H,49,52)(H,50,51)(H,53,59)(H,54,60)/t26-,27+,36-,37-,40-,41-/m0/s1. The number of hydrogen-bond acceptors (Lipinski definition) is 10. The Balaban J connectivity index is 0.998. The summed E-state index contributed by atoms with van der Waals surface area (Å²) in [5.74, 6) is 2.49. The molecule has 0 radical (unpaired) electrons. The molecule has 2 fully saturated rings. The third-order valence-electron chi connectivity index (χ3n) is 13.5. The van der Waals surface area contributed by atoms with Crippen LogP contribution in [0.5, 0.6) is 11.5 Å². The van der Waals surface area contributed by atoms with E-state index in [2.05, 4.69) is 64.8 Å². The van der Waals surface area contributed by atoms with Gasteiger partial charge in [-0.3, -0.25) is 9.59 Å². The summed E-state index contributed by atoms with van der Waals surface area (Å²) < 4.78 is 21.7. The van der Waals surface area contributed by atoms with Crippen LogP contribution in [0.4, 0.5) is 9.59 Å². The molecule has 4 amide bonds. The van der Waals surface area contributed by atoms with E-state index in [1.807, 2.05) is 49.2 Å². The zero-order valence-corrected chi connectivity index (χ0v) is 37.7. The van der Waals surface area contributed by atoms with Crippen molar-refractivity contribution in [2.75, 3.05) is 34.4 Å². The monoisotopic (exact) mass is 874 g/mol. The van der Waals surface area contributed by atoms with Gasteiger partial charge < -0.3 is 49.3 Å². The molecular formula is C48H58N8O8. The van der Waals surface area contributed by atoms with E-state index in [0.717, 1.165) is 88.1 Å². The summed E-state index contributed by atoms with van der Waals surface area (Å²) >= 11 is 0. The summed E-state index contributed by atoms with van der Waals surface area (Å²) in [6.45, 7) is 11.2. The molecule has 64 heavy (non-hydrogen) atoms. The third-order valence-corrected chi connectivity index (χ3v) is 13.5. The first-order valence-electron chi connectivity index (χ1n) is 22.1. The zero-order valence-electron chi connectivity index (χ0n) is 37.7. The number of benzene rings is 3. The predicted octanol–water partition coefficient (Wildman–Crippen LogP) is 7.91. The lowest BCUT2D eigenvalue weighted by Gasteiger charge is -2.35. The Bertz CT molecular complexity index is 2570. The van der Waals surface area contributed by atoms with Crippen molar-refractivity contribution in [1.82, 2.24) is 40.4 Å². The molecule has 2 aromatic heterocycles. The van der Waals surface area contributed by atoms with Crippen molar-refractivity contribution in [2.24, 2.45) is 5.92 Å². The molecule has 6 atom stereocenters. The fraction of sp³-hybridized carbons (Fsp3) is 0.458. The number of aromatic amines is 2. The highest BCUT2D eigenvalue weighted by Crippen LogP contribution is 2.50. The van der Waals surface area contributed by atoms with Crippen LogP contribution in [0, 0.1) is 5.92 Å². The molecule has 0 unspecified atom stereocenters. The number of nitrogens with one attached hydrogen (secondary N) is 4. The van der Waals surface area contributed by atoms with E-state index in [4.69, 9.17) is 28.9 Å². The summed E-state index contributed by atoms with van der Waals surface area (Å²) in [4.78, 5) is 72.2. The number of carbonyl (C=O) groups is 4. The first-order valence-corrected chi connectivity index (χ1v) is 22.1. The number of methoxy groups -OCH3 is 3. The summed E-state index contributed by atoms with van der Waals surface area (Å²) in [6, 6.07) is 16.5. The number of fused-ring (bicyclic) bond motifs is 3. The minimum absolute atomic E-state index is 0.0712. The van der Waals surface area contributed by atoms with Crippen LogP contribution in [0.3, 0.4) is 0 Å². The molecule has 3 aromatic carbocycles. The fourth-order valence-electron chi connectivity index (χ4n) is 9.42. The summed E-state index contributed by atoms with van der Waals surface area (Å²) in [7, 11) is 4.06. The average molecular weight is 875 g/mol. The van der Waals surface area contributed by atoms with E-state index in [1.165, 1.54) is 21.3 Å². The van der Waals surface area contributed by atoms with E-state index in [0.29, 0.717) is 24.7 Å². The second-order valence-electron chi connectivity index (χ2n) is 17.6. The number of alkyl carbamates (subject to hydrolysis) is 2. The lowest BCUT2D eigenvalue weighted by atomic mass is 9.75. The SMILES string of the molecule is CC[C@H](C)[C@H](NC(=O)OC)C(=O)N1CCC[C@H]1c1ncc(-c2ccc3c(c2)C(C)(C)c2ccc(-c4ccc5nc([C@@H]6CCCN6C(=O)[C@@H](NC(=O)OC)[C@@H](C)OC)[nH]c5c4)cc2O3)[nH]1. The molecule has 16 heteroatoms. The number of carbonyl (C=O) groups excluding carboxylic acids is 4. The highest BCUT2D eigenvalue weighted by atomic mass is 16.5. The highest BCUT2D eigenvalue weighted by molar-refractivity contribution is 5.88. The normalized spacial score (nSPS) is 19.5. The third kappa shape index (κ3) is 8.26. The van der Waals surface area contributed by atoms with E-state index >= 15 is 0 Å². The number of rotatable bonds is 12. The highest BCUT2D eigenvalue weighted by Gasteiger charge is 2.41. The van der Waals surface area contributed by atoms with Crippen LogP contribution < -0.4 is 15.4 Å². The molecule has 2 saturated heterocycles. The van der Waals surface area contributed by atoms with Gasteiger partial charge >= 0.3 is 12.2 Å². The number of aromatic nitrogens is 4. The lowest BCUT2D eigenvalue weighted by molar-refractivity contribution is -0.137. The number of nitrogens with zero attached hydrogens (tertiary/aromatic N) is 4. The van der Waals surface area contributed by atoms with Gasteiger partial charge in [0.1, 0.15) is 35.2 Å². The molecule has 3 aliphatic heterocycles. The molecule has 0 saturated carbocycles. The molecular weight excluding hydrogens is 817 g/mol. The number of hydrogen-bond donors (Lipinski definition) is 4. The Kier molecular flexibility index (Phi) is 12.4. The van der Waals surface area contributed by atoms with Crippen LogP contribution in [0.1, 0.15) is 102 Å². The van der Waals surface area contributed by atoms with Gasteiger partial charge in [0.15, 0.2) is 0 Å². The number of ether oxygens (including phenoxy) is 4. The molecule has 0 spiro atoms. The van der Waals surface area contributed by atoms with Gasteiger partial charge in [-0.2, -0.15) is 0 Å². The van der Waals surface area contributed by atoms with Gasteiger partial charge in [0, 0.05) is 42.3 Å². The van der Waals surface area contributed by atoms with Crippen molar-refractivity contribution in [2.45, 2.75) is 102 Å². The van der Waals surface area contributed by atoms with Gasteiger partial charge in [0.2, 0.25) is 11.8 Å². The molecule has 16 nitrogen and oxygen atoms in total. The summed E-state index contributed by atoms with van der Waals surface area (Å²) in [5, 5.41) is 5.40. The van der Waals surface area contributed by atoms with E-state index in [1.54, 1.807) is 11.8 Å². The van der Waals surface area contributed by atoms with Gasteiger partial charge in [-0.1, -0.05) is 52.3 Å². The van der Waals surface area contributed by atoms with Crippen molar-refractivity contribution < 1.29 is 38.1 Å². The van der Waals surface area contributed by atoms with Crippen molar-refractivity contribution in [1.29, 1.82) is 0 Å². The van der Waals surface area contributed by atoms with Crippen molar-refractivity contribution in [3.63, 3.8) is 0 Å². The van der Waals surface area contributed by atoms with Crippen LogP contribution in [0.15, 0.2) is 60.8 Å². The van der Waals surface area contributed by atoms with Crippen LogP contribution in [-0.4, -0.2) is 106 Å². The first-order chi connectivity index (χ1) is 30.8. The van der Waals surface area contributed by atoms with Crippen LogP contribution >= 0.6 is 0 Å². The lowest BCUT2D eigenvalue weighted by Crippen LogP contribution is -2.54. The largest absolute Gasteiger partial charge is 0.457 e. The van der Waals surface area contributed by atoms with E-state index in [-0.39, 0.29) is 29.8 Å². The van der Waals surface area contributed by atoms with Crippen molar-refractivity contribution in [3.05, 3.63) is 83.6 Å². The van der Waals surface area contributed by atoms with E-state index in [9.17, 15) is 19.2 Å². The molecule has 5 heterocycles. The maximum absolute atomic E-state index is 13.9. The molecule has 8 rings (SSSR count). The Morgan fingerprint density at radius 3 is 2.08 bits per heavy atom. The fourth-order valence-corrected chi connectivity index (χ4v) is 9.42. The number of H-pyrrole nitrogens is 2.